The second-order valence-corrected chi connectivity index (χ2v) is 1.87. The molecule has 0 bridgehead atoms. The van der Waals surface area contributed by atoms with Crippen molar-refractivity contribution >= 4 is 5.71 Å². The maximum Gasteiger partial charge on any atom is 0.0341 e. The Bertz CT molecular complexity index is 94.4. The largest absolute Gasteiger partial charge is 0.662 e. The van der Waals surface area contributed by atoms with Crippen molar-refractivity contribution in [1.82, 2.24) is 0 Å². The van der Waals surface area contributed by atoms with E-state index >= 15 is 0 Å². The molecule has 2 N–H and O–H groups in total. The first-order chi connectivity index (χ1) is 3.93. The van der Waals surface area contributed by atoms with E-state index in [1.165, 1.54) is 0 Å². The summed E-state index contributed by atoms with van der Waals surface area (Å²) in [6.07, 6.45) is 1.94. The molecule has 1 rings (SSSR count). The molecule has 0 unspecified atom stereocenters. The van der Waals surface area contributed by atoms with Gasteiger partial charge in [-0.2, -0.15) is 5.10 Å². The normalized spacial score (nSPS) is 18.4. The van der Waals surface area contributed by atoms with Crippen LogP contribution < -0.4 is 5.84 Å². The summed E-state index contributed by atoms with van der Waals surface area (Å²) >= 11 is 0. The van der Waals surface area contributed by atoms with Crippen molar-refractivity contribution < 1.29 is 18.6 Å². The molecule has 0 aromatic carbocycles. The molecule has 0 amide bonds. The van der Waals surface area contributed by atoms with Crippen LogP contribution in [0.1, 0.15) is 12.8 Å². The van der Waals surface area contributed by atoms with Crippen molar-refractivity contribution in [2.45, 2.75) is 12.8 Å². The van der Waals surface area contributed by atoms with Gasteiger partial charge in [0.05, 0.1) is 0 Å². The van der Waals surface area contributed by atoms with Crippen molar-refractivity contribution in [3.63, 3.8) is 0 Å². The van der Waals surface area contributed by atoms with E-state index in [0.717, 1.165) is 31.6 Å². The summed E-state index contributed by atoms with van der Waals surface area (Å²) in [4.78, 5) is 0. The Kier molecular flexibility index (Phi) is 4.86. The van der Waals surface area contributed by atoms with E-state index in [9.17, 15) is 0 Å². The van der Waals surface area contributed by atoms with Gasteiger partial charge in [-0.25, -0.2) is 0 Å². The average Bonchev–Trinajstić information content (AvgIpc) is 1.90. The van der Waals surface area contributed by atoms with Crippen molar-refractivity contribution in [2.75, 3.05) is 13.1 Å². The Balaban J connectivity index is 0.000000640. The maximum atomic E-state index is 5.05. The Hall–Kier alpha value is 0.0144. The first-order valence-electron chi connectivity index (χ1n) is 2.82. The molecule has 1 fully saturated rings. The van der Waals surface area contributed by atoms with Crippen molar-refractivity contribution in [1.29, 1.82) is 0 Å². The van der Waals surface area contributed by atoms with Gasteiger partial charge in [-0.1, -0.05) is 0 Å². The van der Waals surface area contributed by atoms with E-state index in [2.05, 4.69) is 10.4 Å². The number of nitrogens with two attached hydrogens (primary N) is 1. The molecular formula is C5H10N3V-. The van der Waals surface area contributed by atoms with E-state index in [4.69, 9.17) is 5.84 Å². The van der Waals surface area contributed by atoms with Crippen molar-refractivity contribution in [3.05, 3.63) is 5.32 Å². The zero-order valence-corrected chi connectivity index (χ0v) is 6.64. The van der Waals surface area contributed by atoms with Gasteiger partial charge in [-0.15, -0.1) is 13.1 Å². The van der Waals surface area contributed by atoms with Crippen LogP contribution in [-0.4, -0.2) is 18.8 Å². The molecule has 1 aliphatic rings. The molecule has 1 heterocycles. The first-order valence-corrected chi connectivity index (χ1v) is 2.82. The summed E-state index contributed by atoms with van der Waals surface area (Å²) in [5.74, 6) is 5.05. The molecule has 0 aromatic heterocycles. The van der Waals surface area contributed by atoms with Crippen LogP contribution in [0.2, 0.25) is 0 Å². The first kappa shape index (κ1) is 9.01. The minimum Gasteiger partial charge on any atom is -0.662 e. The van der Waals surface area contributed by atoms with E-state index < -0.39 is 0 Å². The fraction of sp³-hybridized carbons (Fsp3) is 0.800. The third-order valence-electron chi connectivity index (χ3n) is 1.30. The predicted octanol–water partition coefficient (Wildman–Crippen LogP) is 0.466. The molecule has 51 valence electrons. The van der Waals surface area contributed by atoms with E-state index in [1.807, 2.05) is 0 Å². The van der Waals surface area contributed by atoms with Gasteiger partial charge in [0.2, 0.25) is 0 Å². The SMILES string of the molecule is NN=C1CC[N-]CC1.[V]. The molecule has 3 nitrogen and oxygen atoms in total. The predicted molar refractivity (Wildman–Crippen MR) is 33.9 cm³/mol. The summed E-state index contributed by atoms with van der Waals surface area (Å²) in [5, 5.41) is 7.74. The summed E-state index contributed by atoms with van der Waals surface area (Å²) in [5.41, 5.74) is 1.11. The van der Waals surface area contributed by atoms with Crippen molar-refractivity contribution in [3.8, 4) is 0 Å². The van der Waals surface area contributed by atoms with Crippen LogP contribution in [0.25, 0.3) is 5.32 Å². The smallest absolute Gasteiger partial charge is 0.0341 e. The van der Waals surface area contributed by atoms with Crippen LogP contribution in [0, 0.1) is 0 Å². The molecule has 0 spiro atoms. The van der Waals surface area contributed by atoms with Crippen molar-refractivity contribution in [2.24, 2.45) is 10.9 Å². The second-order valence-electron chi connectivity index (χ2n) is 1.87. The average molecular weight is 163 g/mol. The minimum atomic E-state index is 0. The van der Waals surface area contributed by atoms with E-state index in [0.29, 0.717) is 0 Å². The number of piperidine rings is 1. The van der Waals surface area contributed by atoms with Crippen LogP contribution in [-0.2, 0) is 18.6 Å². The number of hydrogen-bond donors (Lipinski definition) is 1. The molecule has 1 saturated heterocycles. The summed E-state index contributed by atoms with van der Waals surface area (Å²) in [6, 6.07) is 0. The summed E-state index contributed by atoms with van der Waals surface area (Å²) in [7, 11) is 0. The monoisotopic (exact) mass is 163 g/mol. The molecule has 4 heteroatoms. The van der Waals surface area contributed by atoms with Gasteiger partial charge in [0.15, 0.2) is 0 Å². The zero-order chi connectivity index (χ0) is 5.82. The molecule has 9 heavy (non-hydrogen) atoms. The third kappa shape index (κ3) is 2.89. The molecule has 0 aliphatic carbocycles. The van der Waals surface area contributed by atoms with Crippen LogP contribution in [0.3, 0.4) is 0 Å². The van der Waals surface area contributed by atoms with Gasteiger partial charge in [-0.05, 0) is 12.8 Å². The van der Waals surface area contributed by atoms with Gasteiger partial charge in [0, 0.05) is 24.3 Å². The van der Waals surface area contributed by atoms with Crippen LogP contribution in [0.4, 0.5) is 0 Å². The Morgan fingerprint density at radius 3 is 2.22 bits per heavy atom. The van der Waals surface area contributed by atoms with E-state index in [-0.39, 0.29) is 18.6 Å². The Labute approximate surface area is 67.0 Å². The molecular weight excluding hydrogens is 153 g/mol. The zero-order valence-electron chi connectivity index (χ0n) is 5.25. The van der Waals surface area contributed by atoms with Crippen LogP contribution in [0.5, 0.6) is 0 Å². The fourth-order valence-corrected chi connectivity index (χ4v) is 0.782. The maximum absolute atomic E-state index is 5.05. The summed E-state index contributed by atoms with van der Waals surface area (Å²) < 4.78 is 0. The molecule has 0 aromatic rings. The molecule has 1 aliphatic heterocycles. The second kappa shape index (κ2) is 4.85. The van der Waals surface area contributed by atoms with Gasteiger partial charge in [0.1, 0.15) is 0 Å². The standard InChI is InChI=1S/C5H10N3.V/c6-8-5-1-3-7-4-2-5;/h1-4,6H2;/q-1;. The number of hydrogen-bond acceptors (Lipinski definition) is 2. The van der Waals surface area contributed by atoms with Gasteiger partial charge in [0.25, 0.3) is 0 Å². The van der Waals surface area contributed by atoms with E-state index in [1.54, 1.807) is 0 Å². The number of nitrogens with zero attached hydrogens (tertiary/aromatic N) is 2. The molecule has 0 atom stereocenters. The topological polar surface area (TPSA) is 52.5 Å². The van der Waals surface area contributed by atoms with Gasteiger partial charge in [-0.3, -0.25) is 0 Å². The van der Waals surface area contributed by atoms with Gasteiger partial charge < -0.3 is 11.2 Å². The fourth-order valence-electron chi connectivity index (χ4n) is 0.782. The number of rotatable bonds is 0. The third-order valence-corrected chi connectivity index (χ3v) is 1.30. The summed E-state index contributed by atoms with van der Waals surface area (Å²) in [6.45, 7) is 1.83. The van der Waals surface area contributed by atoms with Crippen LogP contribution >= 0.6 is 0 Å². The quantitative estimate of drug-likeness (QED) is 0.409. The van der Waals surface area contributed by atoms with Crippen LogP contribution in [0.15, 0.2) is 5.10 Å². The number of hydrazone groups is 1. The molecule has 0 saturated carbocycles. The Morgan fingerprint density at radius 2 is 1.89 bits per heavy atom. The molecule has 1 radical (unpaired) electrons. The Morgan fingerprint density at radius 1 is 1.33 bits per heavy atom. The van der Waals surface area contributed by atoms with Gasteiger partial charge >= 0.3 is 0 Å². The minimum absolute atomic E-state index is 0.